The van der Waals surface area contributed by atoms with E-state index in [0.29, 0.717) is 6.61 Å². The lowest BCUT2D eigenvalue weighted by Gasteiger charge is -2.20. The molecule has 1 N–H and O–H groups in total. The van der Waals surface area contributed by atoms with E-state index in [1.807, 2.05) is 11.6 Å². The van der Waals surface area contributed by atoms with Crippen LogP contribution in [0.1, 0.15) is 71.0 Å². The van der Waals surface area contributed by atoms with Crippen molar-refractivity contribution < 1.29 is 9.84 Å². The quantitative estimate of drug-likeness (QED) is 0.835. The van der Waals surface area contributed by atoms with Crippen molar-refractivity contribution in [1.29, 1.82) is 0 Å². The first kappa shape index (κ1) is 17.2. The van der Waals surface area contributed by atoms with Crippen molar-refractivity contribution in [1.82, 2.24) is 9.78 Å². The van der Waals surface area contributed by atoms with Gasteiger partial charge in [0, 0.05) is 11.3 Å². The Kier molecular flexibility index (Phi) is 6.21. The van der Waals surface area contributed by atoms with Gasteiger partial charge in [-0.2, -0.15) is 5.10 Å². The van der Waals surface area contributed by atoms with Gasteiger partial charge in [0.05, 0.1) is 30.6 Å². The van der Waals surface area contributed by atoms with E-state index in [1.54, 1.807) is 0 Å². The molecule has 1 rings (SSSR count). The molecule has 4 nitrogen and oxygen atoms in total. The van der Waals surface area contributed by atoms with Gasteiger partial charge in [0.25, 0.3) is 0 Å². The average Bonchev–Trinajstić information content (AvgIpc) is 2.74. The van der Waals surface area contributed by atoms with Crippen molar-refractivity contribution in [2.75, 3.05) is 6.61 Å². The molecule has 0 aliphatic rings. The number of aliphatic hydroxyl groups is 1. The molecule has 4 heteroatoms. The molecule has 0 amide bonds. The van der Waals surface area contributed by atoms with E-state index >= 15 is 0 Å². The number of aryl methyl sites for hydroxylation is 1. The van der Waals surface area contributed by atoms with Crippen LogP contribution >= 0.6 is 0 Å². The van der Waals surface area contributed by atoms with Crippen molar-refractivity contribution in [2.45, 2.75) is 79.1 Å². The highest BCUT2D eigenvalue weighted by Crippen LogP contribution is 2.26. The topological polar surface area (TPSA) is 47.3 Å². The standard InChI is InChI=1S/C16H30N2O2/c1-7-12-15(14(19)9-3)13(8-2)18(17-12)10-11-20-16(4,5)6/h14,19H,7-11H2,1-6H3. The highest BCUT2D eigenvalue weighted by Gasteiger charge is 2.21. The predicted molar refractivity (Wildman–Crippen MR) is 81.9 cm³/mol. The van der Waals surface area contributed by atoms with E-state index in [0.717, 1.165) is 42.8 Å². The smallest absolute Gasteiger partial charge is 0.0823 e. The minimum Gasteiger partial charge on any atom is -0.388 e. The molecule has 1 aromatic rings. The first-order chi connectivity index (χ1) is 9.34. The Morgan fingerprint density at radius 3 is 2.30 bits per heavy atom. The lowest BCUT2D eigenvalue weighted by Crippen LogP contribution is -2.22. The Balaban J connectivity index is 2.93. The predicted octanol–water partition coefficient (Wildman–Crippen LogP) is 3.27. The second kappa shape index (κ2) is 7.23. The minimum absolute atomic E-state index is 0.126. The molecule has 0 aliphatic heterocycles. The van der Waals surface area contributed by atoms with Crippen LogP contribution in [0.5, 0.6) is 0 Å². The zero-order valence-electron chi connectivity index (χ0n) is 13.9. The van der Waals surface area contributed by atoms with Crippen LogP contribution in [0.4, 0.5) is 0 Å². The lowest BCUT2D eigenvalue weighted by atomic mass is 10.0. The number of aromatic nitrogens is 2. The summed E-state index contributed by atoms with van der Waals surface area (Å²) >= 11 is 0. The fraction of sp³-hybridized carbons (Fsp3) is 0.812. The summed E-state index contributed by atoms with van der Waals surface area (Å²) in [6.07, 6.45) is 2.06. The fourth-order valence-corrected chi connectivity index (χ4v) is 2.41. The molecule has 0 aliphatic carbocycles. The van der Waals surface area contributed by atoms with Crippen molar-refractivity contribution in [3.63, 3.8) is 0 Å². The number of nitrogens with zero attached hydrogens (tertiary/aromatic N) is 2. The van der Waals surface area contributed by atoms with Crippen LogP contribution in [0.15, 0.2) is 0 Å². The van der Waals surface area contributed by atoms with Crippen LogP contribution in [-0.2, 0) is 24.1 Å². The third kappa shape index (κ3) is 4.32. The Morgan fingerprint density at radius 1 is 1.20 bits per heavy atom. The zero-order chi connectivity index (χ0) is 15.3. The molecule has 1 atom stereocenters. The lowest BCUT2D eigenvalue weighted by molar-refractivity contribution is -0.00820. The van der Waals surface area contributed by atoms with Gasteiger partial charge in [-0.05, 0) is 40.0 Å². The number of aliphatic hydroxyl groups excluding tert-OH is 1. The summed E-state index contributed by atoms with van der Waals surface area (Å²) in [6, 6.07) is 0. The zero-order valence-corrected chi connectivity index (χ0v) is 13.9. The molecule has 0 fully saturated rings. The summed E-state index contributed by atoms with van der Waals surface area (Å²) in [5, 5.41) is 14.9. The van der Waals surface area contributed by atoms with Gasteiger partial charge < -0.3 is 9.84 Å². The summed E-state index contributed by atoms with van der Waals surface area (Å²) in [5.74, 6) is 0. The molecule has 0 spiro atoms. The van der Waals surface area contributed by atoms with E-state index in [2.05, 4.69) is 39.7 Å². The van der Waals surface area contributed by atoms with Crippen LogP contribution in [0.3, 0.4) is 0 Å². The normalized spacial score (nSPS) is 13.8. The van der Waals surface area contributed by atoms with Crippen LogP contribution in [0.25, 0.3) is 0 Å². The molecular formula is C16H30N2O2. The van der Waals surface area contributed by atoms with Gasteiger partial charge >= 0.3 is 0 Å². The highest BCUT2D eigenvalue weighted by molar-refractivity contribution is 5.29. The van der Waals surface area contributed by atoms with Gasteiger partial charge in [-0.25, -0.2) is 0 Å². The Hall–Kier alpha value is -0.870. The van der Waals surface area contributed by atoms with E-state index < -0.39 is 6.10 Å². The number of rotatable bonds is 7. The molecular weight excluding hydrogens is 252 g/mol. The van der Waals surface area contributed by atoms with Gasteiger partial charge in [0.2, 0.25) is 0 Å². The molecule has 1 unspecified atom stereocenters. The van der Waals surface area contributed by atoms with Gasteiger partial charge in [0.15, 0.2) is 0 Å². The van der Waals surface area contributed by atoms with Crippen molar-refractivity contribution >= 4 is 0 Å². The number of hydrogen-bond donors (Lipinski definition) is 1. The largest absolute Gasteiger partial charge is 0.388 e. The van der Waals surface area contributed by atoms with Crippen molar-refractivity contribution in [3.05, 3.63) is 17.0 Å². The summed E-state index contributed by atoms with van der Waals surface area (Å²) in [4.78, 5) is 0. The molecule has 20 heavy (non-hydrogen) atoms. The van der Waals surface area contributed by atoms with E-state index in [1.165, 1.54) is 0 Å². The Bertz CT molecular complexity index is 419. The maximum absolute atomic E-state index is 10.2. The van der Waals surface area contributed by atoms with E-state index in [4.69, 9.17) is 4.74 Å². The monoisotopic (exact) mass is 282 g/mol. The average molecular weight is 282 g/mol. The summed E-state index contributed by atoms with van der Waals surface area (Å²) in [5.41, 5.74) is 3.08. The summed E-state index contributed by atoms with van der Waals surface area (Å²) < 4.78 is 7.79. The Labute approximate surface area is 123 Å². The summed E-state index contributed by atoms with van der Waals surface area (Å²) in [6.45, 7) is 13.8. The molecule has 1 aromatic heterocycles. The maximum Gasteiger partial charge on any atom is 0.0823 e. The first-order valence-corrected chi connectivity index (χ1v) is 7.74. The van der Waals surface area contributed by atoms with Crippen molar-refractivity contribution in [2.24, 2.45) is 0 Å². The Morgan fingerprint density at radius 2 is 1.85 bits per heavy atom. The van der Waals surface area contributed by atoms with Gasteiger partial charge in [0.1, 0.15) is 0 Å². The molecule has 0 saturated carbocycles. The summed E-state index contributed by atoms with van der Waals surface area (Å²) in [7, 11) is 0. The van der Waals surface area contributed by atoms with Crippen LogP contribution in [0, 0.1) is 0 Å². The highest BCUT2D eigenvalue weighted by atomic mass is 16.5. The second-order valence-corrected chi connectivity index (χ2v) is 6.12. The molecule has 116 valence electrons. The van der Waals surface area contributed by atoms with E-state index in [-0.39, 0.29) is 5.60 Å². The second-order valence-electron chi connectivity index (χ2n) is 6.12. The van der Waals surface area contributed by atoms with E-state index in [9.17, 15) is 5.11 Å². The van der Waals surface area contributed by atoms with Crippen LogP contribution in [-0.4, -0.2) is 27.1 Å². The third-order valence-corrected chi connectivity index (χ3v) is 3.40. The molecule has 0 bridgehead atoms. The molecule has 1 heterocycles. The van der Waals surface area contributed by atoms with Crippen molar-refractivity contribution in [3.8, 4) is 0 Å². The van der Waals surface area contributed by atoms with Gasteiger partial charge in [-0.1, -0.05) is 20.8 Å². The van der Waals surface area contributed by atoms with Crippen LogP contribution in [0.2, 0.25) is 0 Å². The third-order valence-electron chi connectivity index (χ3n) is 3.40. The molecule has 0 saturated heterocycles. The molecule has 0 aromatic carbocycles. The van der Waals surface area contributed by atoms with Gasteiger partial charge in [-0.15, -0.1) is 0 Å². The molecule has 0 radical (unpaired) electrons. The maximum atomic E-state index is 10.2. The SMILES string of the molecule is CCc1nn(CCOC(C)(C)C)c(CC)c1C(O)CC. The number of hydrogen-bond acceptors (Lipinski definition) is 3. The fourth-order valence-electron chi connectivity index (χ4n) is 2.41. The van der Waals surface area contributed by atoms with Gasteiger partial charge in [-0.3, -0.25) is 4.68 Å². The minimum atomic E-state index is -0.405. The number of ether oxygens (including phenoxy) is 1. The first-order valence-electron chi connectivity index (χ1n) is 7.74. The van der Waals surface area contributed by atoms with Crippen LogP contribution < -0.4 is 0 Å².